The zero-order valence-electron chi connectivity index (χ0n) is 18.7. The van der Waals surface area contributed by atoms with Gasteiger partial charge in [0.15, 0.2) is 0 Å². The number of benzene rings is 1. The Kier molecular flexibility index (Phi) is 17.7. The number of unbranched alkanes of at least 4 members (excludes halogenated alkanes) is 10. The Morgan fingerprint density at radius 2 is 1.14 bits per heavy atom. The predicted molar refractivity (Wildman–Crippen MR) is 122 cm³/mol. The van der Waals surface area contributed by atoms with Gasteiger partial charge in [-0.15, -0.1) is 0 Å². The minimum atomic E-state index is -3.92. The van der Waals surface area contributed by atoms with Gasteiger partial charge < -0.3 is 10.7 Å². The molecule has 0 bridgehead atoms. The van der Waals surface area contributed by atoms with Gasteiger partial charge in [0.05, 0.1) is 30.8 Å². The number of para-hydroxylation sites is 1. The van der Waals surface area contributed by atoms with Gasteiger partial charge in [-0.1, -0.05) is 82.9 Å². The van der Waals surface area contributed by atoms with Crippen LogP contribution in [0.4, 0.5) is 5.69 Å². The summed E-state index contributed by atoms with van der Waals surface area (Å²) in [6.07, 6.45) is 16.2. The molecule has 3 N–H and O–H groups in total. The van der Waals surface area contributed by atoms with Crippen molar-refractivity contribution in [2.75, 3.05) is 26.9 Å². The van der Waals surface area contributed by atoms with Crippen molar-refractivity contribution in [2.24, 2.45) is 0 Å². The topological polar surface area (TPSA) is 92.2 Å². The molecule has 0 atom stereocenters. The van der Waals surface area contributed by atoms with Crippen LogP contribution in [0.15, 0.2) is 30.3 Å². The Morgan fingerprint density at radius 3 is 1.54 bits per heavy atom. The first-order valence-corrected chi connectivity index (χ1v) is 12.3. The van der Waals surface area contributed by atoms with Crippen LogP contribution in [-0.2, 0) is 10.1 Å². The Bertz CT molecular complexity index is 552. The summed E-state index contributed by atoms with van der Waals surface area (Å²) in [5.74, 6) is 0. The third-order valence-corrected chi connectivity index (χ3v) is 4.78. The fourth-order valence-electron chi connectivity index (χ4n) is 3.13. The van der Waals surface area contributed by atoms with Crippen molar-refractivity contribution < 1.29 is 13.0 Å². The molecule has 1 aromatic carbocycles. The number of hydrogen-bond acceptors (Lipinski definition) is 4. The molecular weight excluding hydrogens is 372 g/mol. The van der Waals surface area contributed by atoms with Crippen molar-refractivity contribution >= 4 is 15.8 Å². The maximum atomic E-state index is 9.08. The quantitative estimate of drug-likeness (QED) is 0.246. The van der Waals surface area contributed by atoms with Crippen LogP contribution in [0.5, 0.6) is 0 Å². The Labute approximate surface area is 174 Å². The molecule has 0 aromatic heterocycles. The van der Waals surface area contributed by atoms with E-state index in [9.17, 15) is 0 Å². The van der Waals surface area contributed by atoms with Crippen LogP contribution in [0.2, 0.25) is 0 Å². The van der Waals surface area contributed by atoms with Gasteiger partial charge in [0, 0.05) is 6.26 Å². The van der Waals surface area contributed by atoms with Gasteiger partial charge in [0.1, 0.15) is 5.69 Å². The summed E-state index contributed by atoms with van der Waals surface area (Å²) in [4.78, 5) is 0. The molecule has 0 amide bonds. The summed E-state index contributed by atoms with van der Waals surface area (Å²) in [6, 6.07) is 10.9. The van der Waals surface area contributed by atoms with Crippen molar-refractivity contribution in [3.63, 3.8) is 0 Å². The maximum Gasteiger partial charge on any atom is 0.132 e. The molecule has 0 fully saturated rings. The first kappa shape index (κ1) is 29.3. The van der Waals surface area contributed by atoms with E-state index in [1.807, 2.05) is 0 Å². The van der Waals surface area contributed by atoms with Gasteiger partial charge in [-0.05, 0) is 25.0 Å². The molecule has 0 aliphatic carbocycles. The highest BCUT2D eigenvalue weighted by Gasteiger charge is 2.17. The smallest absolute Gasteiger partial charge is 0.132 e. The SMILES string of the molecule is CCCCCCCCCCCCC[N+](C)(C)c1ccccc1.CS(=O)(=O)[O-].N. The molecule has 0 saturated carbocycles. The largest absolute Gasteiger partial charge is 0.748 e. The van der Waals surface area contributed by atoms with Crippen LogP contribution in [0.25, 0.3) is 0 Å². The summed E-state index contributed by atoms with van der Waals surface area (Å²) in [5.41, 5.74) is 1.43. The molecule has 1 aromatic rings. The van der Waals surface area contributed by atoms with Crippen molar-refractivity contribution in [1.82, 2.24) is 10.6 Å². The molecule has 0 unspecified atom stereocenters. The lowest BCUT2D eigenvalue weighted by atomic mass is 10.1. The number of quaternary nitrogens is 1. The number of hydrogen-bond donors (Lipinski definition) is 1. The van der Waals surface area contributed by atoms with Gasteiger partial charge in [0.2, 0.25) is 0 Å². The molecule has 0 aliphatic heterocycles. The first-order valence-electron chi connectivity index (χ1n) is 10.5. The van der Waals surface area contributed by atoms with Crippen molar-refractivity contribution in [3.8, 4) is 0 Å². The third-order valence-electron chi connectivity index (χ3n) is 4.78. The summed E-state index contributed by atoms with van der Waals surface area (Å²) in [5, 5.41) is 0. The highest BCUT2D eigenvalue weighted by Crippen LogP contribution is 2.19. The minimum Gasteiger partial charge on any atom is -0.748 e. The lowest BCUT2D eigenvalue weighted by Gasteiger charge is -2.29. The molecule has 0 spiro atoms. The fraction of sp³-hybridized carbons (Fsp3) is 0.727. The lowest BCUT2D eigenvalue weighted by molar-refractivity contribution is 0.380. The molecule has 0 heterocycles. The molecular formula is C22H44N2O3S. The van der Waals surface area contributed by atoms with Crippen molar-refractivity contribution in [1.29, 1.82) is 0 Å². The Hall–Kier alpha value is -0.950. The maximum absolute atomic E-state index is 9.08. The van der Waals surface area contributed by atoms with E-state index in [1.54, 1.807) is 0 Å². The normalized spacial score (nSPS) is 11.3. The zero-order chi connectivity index (χ0) is 20.6. The van der Waals surface area contributed by atoms with E-state index < -0.39 is 10.1 Å². The van der Waals surface area contributed by atoms with Gasteiger partial charge in [0.25, 0.3) is 0 Å². The molecule has 28 heavy (non-hydrogen) atoms. The molecule has 5 nitrogen and oxygen atoms in total. The second-order valence-corrected chi connectivity index (χ2v) is 9.39. The zero-order valence-corrected chi connectivity index (χ0v) is 19.5. The van der Waals surface area contributed by atoms with Crippen LogP contribution < -0.4 is 10.6 Å². The van der Waals surface area contributed by atoms with Gasteiger partial charge in [-0.3, -0.25) is 4.48 Å². The van der Waals surface area contributed by atoms with Crippen LogP contribution in [-0.4, -0.2) is 39.9 Å². The van der Waals surface area contributed by atoms with Crippen molar-refractivity contribution in [2.45, 2.75) is 77.6 Å². The lowest BCUT2D eigenvalue weighted by Crippen LogP contribution is -2.41. The van der Waals surface area contributed by atoms with Crippen LogP contribution >= 0.6 is 0 Å². The summed E-state index contributed by atoms with van der Waals surface area (Å²) in [6.45, 7) is 3.54. The van der Waals surface area contributed by atoms with E-state index in [2.05, 4.69) is 51.4 Å². The first-order chi connectivity index (χ1) is 12.7. The van der Waals surface area contributed by atoms with E-state index in [0.717, 1.165) is 4.48 Å². The van der Waals surface area contributed by atoms with Crippen LogP contribution in [0, 0.1) is 0 Å². The average Bonchev–Trinajstić information content (AvgIpc) is 2.59. The molecule has 0 saturated heterocycles. The Morgan fingerprint density at radius 1 is 0.786 bits per heavy atom. The van der Waals surface area contributed by atoms with Crippen LogP contribution in [0.3, 0.4) is 0 Å². The summed E-state index contributed by atoms with van der Waals surface area (Å²) < 4.78 is 28.2. The van der Waals surface area contributed by atoms with E-state index in [-0.39, 0.29) is 6.15 Å². The number of nitrogens with zero attached hydrogens (tertiary/aromatic N) is 1. The van der Waals surface area contributed by atoms with Gasteiger partial charge >= 0.3 is 0 Å². The highest BCUT2D eigenvalue weighted by molar-refractivity contribution is 7.84. The minimum absolute atomic E-state index is 0. The average molecular weight is 417 g/mol. The summed E-state index contributed by atoms with van der Waals surface area (Å²) >= 11 is 0. The second-order valence-electron chi connectivity index (χ2n) is 7.98. The van der Waals surface area contributed by atoms with Gasteiger partial charge in [-0.25, -0.2) is 8.42 Å². The van der Waals surface area contributed by atoms with E-state index in [0.29, 0.717) is 6.26 Å². The molecule has 6 heteroatoms. The Balaban J connectivity index is 0. The molecule has 1 rings (SSSR count). The predicted octanol–water partition coefficient (Wildman–Crippen LogP) is 5.89. The number of rotatable bonds is 13. The van der Waals surface area contributed by atoms with E-state index in [4.69, 9.17) is 13.0 Å². The standard InChI is InChI=1S/C21H38N.CH4O3S.H3N/c1-4-5-6-7-8-9-10-11-12-13-17-20-22(2,3)21-18-15-14-16-19-21;1-5(2,3)4;/h14-16,18-19H,4-13,17,20H2,1-3H3;1H3,(H,2,3,4);1H3/q+1;;/p-1. The third kappa shape index (κ3) is 19.8. The highest BCUT2D eigenvalue weighted by atomic mass is 32.2. The van der Waals surface area contributed by atoms with Crippen LogP contribution in [0.1, 0.15) is 77.6 Å². The molecule has 0 radical (unpaired) electrons. The summed E-state index contributed by atoms with van der Waals surface area (Å²) in [7, 11) is 0.733. The molecule has 166 valence electrons. The monoisotopic (exact) mass is 416 g/mol. The van der Waals surface area contributed by atoms with E-state index in [1.165, 1.54) is 82.9 Å². The van der Waals surface area contributed by atoms with E-state index >= 15 is 0 Å². The second kappa shape index (κ2) is 17.0. The fourth-order valence-corrected chi connectivity index (χ4v) is 3.13. The molecule has 0 aliphatic rings. The van der Waals surface area contributed by atoms with Crippen molar-refractivity contribution in [3.05, 3.63) is 30.3 Å². The van der Waals surface area contributed by atoms with Gasteiger partial charge in [-0.2, -0.15) is 0 Å².